The Hall–Kier alpha value is -2.50. The predicted octanol–water partition coefficient (Wildman–Crippen LogP) is 2.73. The van der Waals surface area contributed by atoms with Crippen LogP contribution in [0.1, 0.15) is 18.4 Å². The van der Waals surface area contributed by atoms with Crippen LogP contribution in [0.2, 0.25) is 0 Å². The van der Waals surface area contributed by atoms with Crippen LogP contribution in [0, 0.1) is 11.3 Å². The summed E-state index contributed by atoms with van der Waals surface area (Å²) in [5, 5.41) is 9.60. The van der Waals surface area contributed by atoms with Crippen molar-refractivity contribution in [2.24, 2.45) is 5.73 Å². The molecule has 0 aromatic heterocycles. The second-order valence-corrected chi connectivity index (χ2v) is 6.16. The number of allylic oxidation sites excluding steroid dienone is 1. The van der Waals surface area contributed by atoms with Gasteiger partial charge in [0, 0.05) is 7.11 Å². The maximum atomic E-state index is 12.6. The van der Waals surface area contributed by atoms with Crippen molar-refractivity contribution in [3.63, 3.8) is 0 Å². The standard InChI is InChI=1S/C18H19BrN2O5/c1-4-25-18(22)16-14(9-23-2)26-17(21)11(8-20)15(16)10-5-6-13(24-3)12(19)7-10/h5-7,15H,4,9,21H2,1-3H3. The number of nitrogens with two attached hydrogens (primary N) is 1. The Morgan fingerprint density at radius 2 is 2.15 bits per heavy atom. The molecule has 0 amide bonds. The molecule has 2 N–H and O–H groups in total. The molecule has 1 aromatic rings. The monoisotopic (exact) mass is 422 g/mol. The third-order valence-corrected chi connectivity index (χ3v) is 4.40. The summed E-state index contributed by atoms with van der Waals surface area (Å²) in [5.41, 5.74) is 6.91. The molecule has 1 heterocycles. The lowest BCUT2D eigenvalue weighted by molar-refractivity contribution is -0.139. The molecule has 138 valence electrons. The molecule has 2 rings (SSSR count). The number of hydrogen-bond donors (Lipinski definition) is 1. The molecule has 7 nitrogen and oxygen atoms in total. The molecule has 1 aromatic carbocycles. The van der Waals surface area contributed by atoms with Crippen LogP contribution >= 0.6 is 15.9 Å². The zero-order valence-electron chi connectivity index (χ0n) is 14.7. The normalized spacial score (nSPS) is 16.8. The Labute approximate surface area is 160 Å². The maximum Gasteiger partial charge on any atom is 0.338 e. The quantitative estimate of drug-likeness (QED) is 0.702. The number of carbonyl (C=O) groups excluding carboxylic acids is 1. The Morgan fingerprint density at radius 3 is 2.69 bits per heavy atom. The van der Waals surface area contributed by atoms with Gasteiger partial charge in [0.05, 0.1) is 29.7 Å². The first-order chi connectivity index (χ1) is 12.5. The summed E-state index contributed by atoms with van der Waals surface area (Å²) in [6.45, 7) is 1.90. The lowest BCUT2D eigenvalue weighted by Crippen LogP contribution is -2.27. The Kier molecular flexibility index (Phi) is 6.66. The van der Waals surface area contributed by atoms with Crippen molar-refractivity contribution in [2.45, 2.75) is 12.8 Å². The summed E-state index contributed by atoms with van der Waals surface area (Å²) < 4.78 is 21.7. The van der Waals surface area contributed by atoms with Crippen molar-refractivity contribution in [1.29, 1.82) is 5.26 Å². The van der Waals surface area contributed by atoms with E-state index in [2.05, 4.69) is 15.9 Å². The minimum atomic E-state index is -0.736. The molecule has 26 heavy (non-hydrogen) atoms. The summed E-state index contributed by atoms with van der Waals surface area (Å²) >= 11 is 3.42. The van der Waals surface area contributed by atoms with E-state index in [1.807, 2.05) is 6.07 Å². The Balaban J connectivity index is 2.67. The smallest absolute Gasteiger partial charge is 0.338 e. The molecule has 0 aliphatic carbocycles. The van der Waals surface area contributed by atoms with Gasteiger partial charge in [-0.15, -0.1) is 0 Å². The lowest BCUT2D eigenvalue weighted by atomic mass is 9.83. The molecule has 0 saturated carbocycles. The summed E-state index contributed by atoms with van der Waals surface area (Å²) in [6.07, 6.45) is 0. The van der Waals surface area contributed by atoms with Crippen LogP contribution in [-0.4, -0.2) is 33.4 Å². The molecule has 0 spiro atoms. The van der Waals surface area contributed by atoms with Crippen molar-refractivity contribution in [3.05, 3.63) is 51.0 Å². The van der Waals surface area contributed by atoms with Gasteiger partial charge in [0.1, 0.15) is 29.8 Å². The molecule has 1 aliphatic heterocycles. The number of benzene rings is 1. The summed E-state index contributed by atoms with van der Waals surface area (Å²) in [4.78, 5) is 12.6. The zero-order chi connectivity index (χ0) is 19.3. The van der Waals surface area contributed by atoms with Crippen molar-refractivity contribution < 1.29 is 23.7 Å². The maximum absolute atomic E-state index is 12.6. The minimum Gasteiger partial charge on any atom is -0.496 e. The van der Waals surface area contributed by atoms with Crippen molar-refractivity contribution in [3.8, 4) is 11.8 Å². The Bertz CT molecular complexity index is 810. The first-order valence-electron chi connectivity index (χ1n) is 7.78. The van der Waals surface area contributed by atoms with Gasteiger partial charge in [-0.2, -0.15) is 5.26 Å². The molecular weight excluding hydrogens is 404 g/mol. The van der Waals surface area contributed by atoms with Gasteiger partial charge in [-0.25, -0.2) is 4.79 Å². The first kappa shape index (κ1) is 19.8. The molecule has 1 unspecified atom stereocenters. The van der Waals surface area contributed by atoms with Gasteiger partial charge in [-0.05, 0) is 40.5 Å². The number of nitrogens with zero attached hydrogens (tertiary/aromatic N) is 1. The number of esters is 1. The fourth-order valence-corrected chi connectivity index (χ4v) is 3.24. The number of hydrogen-bond acceptors (Lipinski definition) is 7. The molecule has 1 aliphatic rings. The van der Waals surface area contributed by atoms with Crippen LogP contribution < -0.4 is 10.5 Å². The number of nitriles is 1. The van der Waals surface area contributed by atoms with E-state index in [4.69, 9.17) is 24.7 Å². The number of methoxy groups -OCH3 is 2. The van der Waals surface area contributed by atoms with E-state index in [-0.39, 0.29) is 36.0 Å². The van der Waals surface area contributed by atoms with E-state index in [1.54, 1.807) is 32.2 Å². The van der Waals surface area contributed by atoms with Crippen LogP contribution in [0.4, 0.5) is 0 Å². The van der Waals surface area contributed by atoms with Crippen molar-refractivity contribution in [1.82, 2.24) is 0 Å². The first-order valence-corrected chi connectivity index (χ1v) is 8.57. The number of rotatable bonds is 6. The SMILES string of the molecule is CCOC(=O)C1=C(COC)OC(N)=C(C#N)C1c1ccc(OC)c(Br)c1. The lowest BCUT2D eigenvalue weighted by Gasteiger charge is -2.28. The Morgan fingerprint density at radius 1 is 1.42 bits per heavy atom. The molecule has 0 radical (unpaired) electrons. The van der Waals surface area contributed by atoms with Gasteiger partial charge in [-0.1, -0.05) is 6.07 Å². The van der Waals surface area contributed by atoms with Gasteiger partial charge >= 0.3 is 5.97 Å². The van der Waals surface area contributed by atoms with Crippen LogP contribution in [0.3, 0.4) is 0 Å². The fraction of sp³-hybridized carbons (Fsp3) is 0.333. The van der Waals surface area contributed by atoms with Crippen molar-refractivity contribution >= 4 is 21.9 Å². The molecule has 0 saturated heterocycles. The van der Waals surface area contributed by atoms with E-state index >= 15 is 0 Å². The highest BCUT2D eigenvalue weighted by Gasteiger charge is 2.37. The number of halogens is 1. The second-order valence-electron chi connectivity index (χ2n) is 5.31. The predicted molar refractivity (Wildman–Crippen MR) is 96.9 cm³/mol. The molecular formula is C18H19BrN2O5. The molecule has 0 fully saturated rings. The highest BCUT2D eigenvalue weighted by molar-refractivity contribution is 9.10. The van der Waals surface area contributed by atoms with Crippen molar-refractivity contribution in [2.75, 3.05) is 27.4 Å². The van der Waals surface area contributed by atoms with Gasteiger partial charge in [0.2, 0.25) is 5.88 Å². The third-order valence-electron chi connectivity index (χ3n) is 3.78. The zero-order valence-corrected chi connectivity index (χ0v) is 16.3. The van der Waals surface area contributed by atoms with E-state index in [9.17, 15) is 10.1 Å². The van der Waals surface area contributed by atoms with Crippen LogP contribution in [0.15, 0.2) is 45.5 Å². The van der Waals surface area contributed by atoms with Crippen LogP contribution in [0.25, 0.3) is 0 Å². The second kappa shape index (κ2) is 8.74. The molecule has 1 atom stereocenters. The third kappa shape index (κ3) is 3.84. The summed E-state index contributed by atoms with van der Waals surface area (Å²) in [6, 6.07) is 7.30. The largest absolute Gasteiger partial charge is 0.496 e. The fourth-order valence-electron chi connectivity index (χ4n) is 2.68. The highest BCUT2D eigenvalue weighted by atomic mass is 79.9. The minimum absolute atomic E-state index is 0.0153. The number of ether oxygens (including phenoxy) is 4. The molecule has 0 bridgehead atoms. The van der Waals surface area contributed by atoms with E-state index in [0.717, 1.165) is 0 Å². The van der Waals surface area contributed by atoms with Gasteiger partial charge in [0.25, 0.3) is 0 Å². The molecule has 8 heteroatoms. The average molecular weight is 423 g/mol. The van der Waals surface area contributed by atoms with Gasteiger partial charge in [0.15, 0.2) is 0 Å². The topological polar surface area (TPSA) is 104 Å². The highest BCUT2D eigenvalue weighted by Crippen LogP contribution is 2.41. The van der Waals surface area contributed by atoms with E-state index in [1.165, 1.54) is 7.11 Å². The van der Waals surface area contributed by atoms with Gasteiger partial charge < -0.3 is 24.7 Å². The van der Waals surface area contributed by atoms with E-state index < -0.39 is 11.9 Å². The average Bonchev–Trinajstić information content (AvgIpc) is 2.61. The van der Waals surface area contributed by atoms with Gasteiger partial charge in [-0.3, -0.25) is 0 Å². The number of carbonyl (C=O) groups is 1. The summed E-state index contributed by atoms with van der Waals surface area (Å²) in [5.74, 6) is -0.545. The summed E-state index contributed by atoms with van der Waals surface area (Å²) in [7, 11) is 3.02. The van der Waals surface area contributed by atoms with E-state index in [0.29, 0.717) is 15.8 Å². The van der Waals surface area contributed by atoms with Crippen LogP contribution in [-0.2, 0) is 19.0 Å². The van der Waals surface area contributed by atoms with Crippen LogP contribution in [0.5, 0.6) is 5.75 Å².